The minimum absolute atomic E-state index is 0.00449. The molecule has 1 fully saturated rings. The predicted octanol–water partition coefficient (Wildman–Crippen LogP) is 4.74. The van der Waals surface area contributed by atoms with Crippen molar-refractivity contribution in [2.45, 2.75) is 45.7 Å². The topological polar surface area (TPSA) is 69.3 Å². The maximum Gasteiger partial charge on any atom is 0.241 e. The summed E-state index contributed by atoms with van der Waals surface area (Å²) < 4.78 is 22.1. The van der Waals surface area contributed by atoms with E-state index in [1.165, 1.54) is 0 Å². The molecule has 3 rings (SSSR count). The number of benzene rings is 2. The molecule has 1 aliphatic rings. The summed E-state index contributed by atoms with van der Waals surface area (Å²) in [6.45, 7) is 6.30. The highest BCUT2D eigenvalue weighted by atomic mass is 16.5. The van der Waals surface area contributed by atoms with E-state index in [-0.39, 0.29) is 11.9 Å². The molecule has 1 N–H and O–H groups in total. The number of rotatable bonds is 10. The molecule has 0 saturated carbocycles. The molecule has 1 atom stereocenters. The smallest absolute Gasteiger partial charge is 0.241 e. The molecule has 0 aliphatic carbocycles. The monoisotopic (exact) mass is 456 g/mol. The summed E-state index contributed by atoms with van der Waals surface area (Å²) in [6.07, 6.45) is 2.94. The molecule has 7 heteroatoms. The first kappa shape index (κ1) is 24.7. The molecule has 0 spiro atoms. The highest BCUT2D eigenvalue weighted by Gasteiger charge is 2.29. The fourth-order valence-electron chi connectivity index (χ4n) is 4.04. The summed E-state index contributed by atoms with van der Waals surface area (Å²) in [7, 11) is 4.87. The number of hydrogen-bond acceptors (Lipinski definition) is 6. The third kappa shape index (κ3) is 6.54. The average molecular weight is 457 g/mol. The van der Waals surface area contributed by atoms with Crippen molar-refractivity contribution in [1.29, 1.82) is 0 Å². The highest BCUT2D eigenvalue weighted by Crippen LogP contribution is 2.32. The van der Waals surface area contributed by atoms with Gasteiger partial charge in [0.15, 0.2) is 23.0 Å². The van der Waals surface area contributed by atoms with Crippen LogP contribution in [-0.2, 0) is 11.3 Å². The van der Waals surface area contributed by atoms with Crippen LogP contribution in [0.4, 0.5) is 5.69 Å². The SMILES string of the molecule is COc1ccc(CN2CCCC[C@H]2C(=O)Nc2ccc(OC)c(OCC(C)C)c2)cc1OC. The van der Waals surface area contributed by atoms with E-state index < -0.39 is 0 Å². The lowest BCUT2D eigenvalue weighted by Gasteiger charge is -2.34. The van der Waals surface area contributed by atoms with Crippen LogP contribution in [-0.4, -0.2) is 51.3 Å². The van der Waals surface area contributed by atoms with Crippen LogP contribution in [0.5, 0.6) is 23.0 Å². The minimum Gasteiger partial charge on any atom is -0.493 e. The van der Waals surface area contributed by atoms with Gasteiger partial charge in [-0.1, -0.05) is 26.3 Å². The van der Waals surface area contributed by atoms with Crippen LogP contribution in [0.2, 0.25) is 0 Å². The molecule has 0 radical (unpaired) electrons. The lowest BCUT2D eigenvalue weighted by molar-refractivity contribution is -0.122. The van der Waals surface area contributed by atoms with Crippen molar-refractivity contribution in [3.63, 3.8) is 0 Å². The first-order valence-corrected chi connectivity index (χ1v) is 11.5. The third-order valence-corrected chi connectivity index (χ3v) is 5.75. The number of amides is 1. The fraction of sp³-hybridized carbons (Fsp3) is 0.500. The number of methoxy groups -OCH3 is 3. The van der Waals surface area contributed by atoms with Gasteiger partial charge in [0, 0.05) is 18.3 Å². The Hall–Kier alpha value is -2.93. The number of carbonyl (C=O) groups excluding carboxylic acids is 1. The third-order valence-electron chi connectivity index (χ3n) is 5.75. The van der Waals surface area contributed by atoms with Crippen LogP contribution in [0.1, 0.15) is 38.7 Å². The fourth-order valence-corrected chi connectivity index (χ4v) is 4.04. The number of nitrogens with zero attached hydrogens (tertiary/aromatic N) is 1. The van der Waals surface area contributed by atoms with E-state index in [0.717, 1.165) is 31.4 Å². The lowest BCUT2D eigenvalue weighted by atomic mass is 10.00. The van der Waals surface area contributed by atoms with E-state index >= 15 is 0 Å². The second kappa shape index (κ2) is 11.8. The molecule has 7 nitrogen and oxygen atoms in total. The van der Waals surface area contributed by atoms with Crippen molar-refractivity contribution >= 4 is 11.6 Å². The lowest BCUT2D eigenvalue weighted by Crippen LogP contribution is -2.46. The molecule has 180 valence electrons. The van der Waals surface area contributed by atoms with E-state index in [4.69, 9.17) is 18.9 Å². The normalized spacial score (nSPS) is 16.4. The van der Waals surface area contributed by atoms with E-state index in [1.807, 2.05) is 36.4 Å². The highest BCUT2D eigenvalue weighted by molar-refractivity contribution is 5.95. The van der Waals surface area contributed by atoms with Crippen LogP contribution < -0.4 is 24.3 Å². The van der Waals surface area contributed by atoms with Crippen LogP contribution in [0.25, 0.3) is 0 Å². The first-order valence-electron chi connectivity index (χ1n) is 11.5. The standard InChI is InChI=1S/C26H36N2O5/c1-18(2)17-33-25-15-20(10-12-23(25)31-4)27-26(29)21-8-6-7-13-28(21)16-19-9-11-22(30-3)24(14-19)32-5/h9-12,14-15,18,21H,6-8,13,16-17H2,1-5H3,(H,27,29)/t21-/m0/s1. The Morgan fingerprint density at radius 3 is 2.36 bits per heavy atom. The van der Waals surface area contributed by atoms with E-state index in [9.17, 15) is 4.79 Å². The van der Waals surface area contributed by atoms with Crippen LogP contribution >= 0.6 is 0 Å². The summed E-state index contributed by atoms with van der Waals surface area (Å²) >= 11 is 0. The number of hydrogen-bond donors (Lipinski definition) is 1. The summed E-state index contributed by atoms with van der Waals surface area (Å²) in [4.78, 5) is 15.5. The summed E-state index contributed by atoms with van der Waals surface area (Å²) in [5, 5.41) is 3.09. The minimum atomic E-state index is -0.200. The van der Waals surface area contributed by atoms with Crippen molar-refractivity contribution < 1.29 is 23.7 Å². The molecular weight excluding hydrogens is 420 g/mol. The van der Waals surface area contributed by atoms with Gasteiger partial charge in [0.2, 0.25) is 5.91 Å². The molecule has 2 aromatic carbocycles. The van der Waals surface area contributed by atoms with E-state index in [0.29, 0.717) is 47.8 Å². The van der Waals surface area contributed by atoms with E-state index in [1.54, 1.807) is 21.3 Å². The Morgan fingerprint density at radius 1 is 0.970 bits per heavy atom. The summed E-state index contributed by atoms with van der Waals surface area (Å²) in [5.41, 5.74) is 1.79. The van der Waals surface area contributed by atoms with Gasteiger partial charge in [-0.25, -0.2) is 0 Å². The molecule has 0 aromatic heterocycles. The maximum absolute atomic E-state index is 13.3. The number of ether oxygens (including phenoxy) is 4. The van der Waals surface area contributed by atoms with Gasteiger partial charge in [0.25, 0.3) is 0 Å². The van der Waals surface area contributed by atoms with Gasteiger partial charge in [-0.2, -0.15) is 0 Å². The second-order valence-corrected chi connectivity index (χ2v) is 8.73. The van der Waals surface area contributed by atoms with Crippen LogP contribution in [0.15, 0.2) is 36.4 Å². The number of carbonyl (C=O) groups is 1. The van der Waals surface area contributed by atoms with Gasteiger partial charge in [-0.05, 0) is 55.1 Å². The predicted molar refractivity (Wildman–Crippen MR) is 130 cm³/mol. The van der Waals surface area contributed by atoms with E-state index in [2.05, 4.69) is 24.1 Å². The summed E-state index contributed by atoms with van der Waals surface area (Å²) in [6, 6.07) is 11.2. The van der Waals surface area contributed by atoms with Gasteiger partial charge in [0.1, 0.15) is 0 Å². The molecule has 1 aliphatic heterocycles. The Balaban J connectivity index is 1.72. The molecule has 1 amide bonds. The number of anilines is 1. The van der Waals surface area contributed by atoms with Crippen molar-refractivity contribution in [2.24, 2.45) is 5.92 Å². The zero-order valence-electron chi connectivity index (χ0n) is 20.3. The molecule has 1 heterocycles. The average Bonchev–Trinajstić information content (AvgIpc) is 2.83. The quantitative estimate of drug-likeness (QED) is 0.557. The molecular formula is C26H36N2O5. The largest absolute Gasteiger partial charge is 0.493 e. The number of piperidine rings is 1. The number of likely N-dealkylation sites (tertiary alicyclic amines) is 1. The Kier molecular flexibility index (Phi) is 8.83. The maximum atomic E-state index is 13.3. The van der Waals surface area contributed by atoms with Gasteiger partial charge < -0.3 is 24.3 Å². The van der Waals surface area contributed by atoms with Crippen LogP contribution in [0, 0.1) is 5.92 Å². The molecule has 2 aromatic rings. The molecule has 33 heavy (non-hydrogen) atoms. The Labute approximate surface area is 197 Å². The zero-order valence-corrected chi connectivity index (χ0v) is 20.3. The zero-order chi connectivity index (χ0) is 23.8. The van der Waals surface area contributed by atoms with Gasteiger partial charge in [0.05, 0.1) is 34.0 Å². The molecule has 1 saturated heterocycles. The Morgan fingerprint density at radius 2 is 1.67 bits per heavy atom. The van der Waals surface area contributed by atoms with Crippen molar-refractivity contribution in [3.8, 4) is 23.0 Å². The van der Waals surface area contributed by atoms with Crippen LogP contribution in [0.3, 0.4) is 0 Å². The Bertz CT molecular complexity index is 931. The number of nitrogens with one attached hydrogen (secondary N) is 1. The molecule has 0 unspecified atom stereocenters. The van der Waals surface area contributed by atoms with Crippen molar-refractivity contribution in [1.82, 2.24) is 4.90 Å². The van der Waals surface area contributed by atoms with Crippen molar-refractivity contribution in [2.75, 3.05) is 39.8 Å². The van der Waals surface area contributed by atoms with Gasteiger partial charge in [-0.3, -0.25) is 9.69 Å². The summed E-state index contributed by atoms with van der Waals surface area (Å²) in [5.74, 6) is 3.07. The van der Waals surface area contributed by atoms with Gasteiger partial charge >= 0.3 is 0 Å². The first-order chi connectivity index (χ1) is 15.9. The van der Waals surface area contributed by atoms with Gasteiger partial charge in [-0.15, -0.1) is 0 Å². The second-order valence-electron chi connectivity index (χ2n) is 8.73. The van der Waals surface area contributed by atoms with Crippen molar-refractivity contribution in [3.05, 3.63) is 42.0 Å². The molecule has 0 bridgehead atoms.